The van der Waals surface area contributed by atoms with Crippen molar-refractivity contribution in [2.24, 2.45) is 0 Å². The minimum Gasteiger partial charge on any atom is -0.478 e. The van der Waals surface area contributed by atoms with Gasteiger partial charge in [0, 0.05) is 10.9 Å². The van der Waals surface area contributed by atoms with Gasteiger partial charge in [0.05, 0.1) is 17.9 Å². The van der Waals surface area contributed by atoms with E-state index in [1.54, 1.807) is 12.1 Å². The highest BCUT2D eigenvalue weighted by Crippen LogP contribution is 2.22. The summed E-state index contributed by atoms with van der Waals surface area (Å²) >= 11 is 1.38. The van der Waals surface area contributed by atoms with Crippen LogP contribution in [0.3, 0.4) is 0 Å². The van der Waals surface area contributed by atoms with Crippen LogP contribution in [0.5, 0.6) is 0 Å². The molecule has 0 aliphatic rings. The van der Waals surface area contributed by atoms with Crippen LogP contribution in [0.25, 0.3) is 11.3 Å². The van der Waals surface area contributed by atoms with Gasteiger partial charge in [-0.1, -0.05) is 12.1 Å². The zero-order valence-electron chi connectivity index (χ0n) is 8.25. The molecule has 0 atom stereocenters. The van der Waals surface area contributed by atoms with E-state index in [-0.39, 0.29) is 12.2 Å². The third-order valence-electron chi connectivity index (χ3n) is 2.11. The lowest BCUT2D eigenvalue weighted by atomic mass is 10.1. The Morgan fingerprint density at radius 3 is 2.50 bits per heavy atom. The quantitative estimate of drug-likeness (QED) is 0.853. The van der Waals surface area contributed by atoms with Crippen molar-refractivity contribution in [3.8, 4) is 11.3 Å². The van der Waals surface area contributed by atoms with Gasteiger partial charge in [-0.05, 0) is 12.1 Å². The highest BCUT2D eigenvalue weighted by atomic mass is 32.1. The van der Waals surface area contributed by atoms with Crippen molar-refractivity contribution in [3.05, 3.63) is 40.2 Å². The average Bonchev–Trinajstić information content (AvgIpc) is 2.77. The molecule has 0 fully saturated rings. The number of benzene rings is 1. The van der Waals surface area contributed by atoms with E-state index in [0.29, 0.717) is 5.01 Å². The Hall–Kier alpha value is -1.72. The summed E-state index contributed by atoms with van der Waals surface area (Å²) in [6.45, 7) is -0.0716. The van der Waals surface area contributed by atoms with Gasteiger partial charge < -0.3 is 10.2 Å². The molecular formula is C11H9NO3S. The summed E-state index contributed by atoms with van der Waals surface area (Å²) < 4.78 is 0. The summed E-state index contributed by atoms with van der Waals surface area (Å²) in [4.78, 5) is 14.8. The highest BCUT2D eigenvalue weighted by Gasteiger charge is 2.06. The van der Waals surface area contributed by atoms with Gasteiger partial charge >= 0.3 is 5.97 Å². The number of rotatable bonds is 3. The Balaban J connectivity index is 2.30. The summed E-state index contributed by atoms with van der Waals surface area (Å²) in [5.74, 6) is -0.944. The van der Waals surface area contributed by atoms with Gasteiger partial charge in [-0.3, -0.25) is 0 Å². The lowest BCUT2D eigenvalue weighted by Crippen LogP contribution is -1.95. The SMILES string of the molecule is O=C(O)c1ccc(-c2csc(CO)n2)cc1. The minimum atomic E-state index is -0.944. The smallest absolute Gasteiger partial charge is 0.335 e. The second-order valence-corrected chi connectivity index (χ2v) is 4.11. The lowest BCUT2D eigenvalue weighted by molar-refractivity contribution is 0.0697. The van der Waals surface area contributed by atoms with Crippen molar-refractivity contribution in [2.45, 2.75) is 6.61 Å². The number of carboxylic acid groups (broad SMARTS) is 1. The molecule has 2 rings (SSSR count). The van der Waals surface area contributed by atoms with Crippen LogP contribution in [0.1, 0.15) is 15.4 Å². The number of hydrogen-bond donors (Lipinski definition) is 2. The maximum absolute atomic E-state index is 10.7. The van der Waals surface area contributed by atoms with Crippen LogP contribution in [0.4, 0.5) is 0 Å². The fourth-order valence-corrected chi connectivity index (χ4v) is 1.96. The molecule has 1 aromatic heterocycles. The van der Waals surface area contributed by atoms with E-state index >= 15 is 0 Å². The normalized spacial score (nSPS) is 10.3. The highest BCUT2D eigenvalue weighted by molar-refractivity contribution is 7.09. The molecule has 1 aromatic carbocycles. The van der Waals surface area contributed by atoms with E-state index in [1.165, 1.54) is 23.5 Å². The molecule has 0 unspecified atom stereocenters. The Bertz CT molecular complexity index is 504. The van der Waals surface area contributed by atoms with Crippen LogP contribution in [-0.2, 0) is 6.61 Å². The lowest BCUT2D eigenvalue weighted by Gasteiger charge is -1.97. The zero-order chi connectivity index (χ0) is 11.5. The predicted octanol–water partition coefficient (Wildman–Crippen LogP) is 2.00. The van der Waals surface area contributed by atoms with Crippen LogP contribution >= 0.6 is 11.3 Å². The number of hydrogen-bond acceptors (Lipinski definition) is 4. The van der Waals surface area contributed by atoms with Crippen molar-refractivity contribution in [2.75, 3.05) is 0 Å². The fraction of sp³-hybridized carbons (Fsp3) is 0.0909. The molecular weight excluding hydrogens is 226 g/mol. The topological polar surface area (TPSA) is 70.4 Å². The van der Waals surface area contributed by atoms with Gasteiger partial charge in [0.15, 0.2) is 0 Å². The number of aliphatic hydroxyl groups excluding tert-OH is 1. The molecule has 0 spiro atoms. The van der Waals surface area contributed by atoms with Crippen LogP contribution in [0.15, 0.2) is 29.6 Å². The van der Waals surface area contributed by atoms with Gasteiger partial charge in [-0.2, -0.15) is 0 Å². The van der Waals surface area contributed by atoms with Gasteiger partial charge in [-0.15, -0.1) is 11.3 Å². The predicted molar refractivity (Wildman–Crippen MR) is 60.4 cm³/mol. The molecule has 0 saturated carbocycles. The third-order valence-corrected chi connectivity index (χ3v) is 2.95. The molecule has 0 amide bonds. The van der Waals surface area contributed by atoms with E-state index in [0.717, 1.165) is 11.3 Å². The molecule has 0 radical (unpaired) electrons. The zero-order valence-corrected chi connectivity index (χ0v) is 9.07. The van der Waals surface area contributed by atoms with E-state index < -0.39 is 5.97 Å². The van der Waals surface area contributed by atoms with E-state index in [1.807, 2.05) is 5.38 Å². The number of aromatic carboxylic acids is 1. The Labute approximate surface area is 95.8 Å². The first-order valence-electron chi connectivity index (χ1n) is 4.59. The van der Waals surface area contributed by atoms with Crippen LogP contribution in [0, 0.1) is 0 Å². The van der Waals surface area contributed by atoms with E-state index in [2.05, 4.69) is 4.98 Å². The van der Waals surface area contributed by atoms with Crippen molar-refractivity contribution in [1.29, 1.82) is 0 Å². The van der Waals surface area contributed by atoms with Crippen LogP contribution in [0.2, 0.25) is 0 Å². The van der Waals surface area contributed by atoms with Gasteiger partial charge in [0.25, 0.3) is 0 Å². The number of aliphatic hydroxyl groups is 1. The molecule has 16 heavy (non-hydrogen) atoms. The molecule has 0 bridgehead atoms. The number of carboxylic acids is 1. The van der Waals surface area contributed by atoms with E-state index in [9.17, 15) is 4.79 Å². The first-order chi connectivity index (χ1) is 7.70. The summed E-state index contributed by atoms with van der Waals surface area (Å²) in [6.07, 6.45) is 0. The molecule has 1 heterocycles. The largest absolute Gasteiger partial charge is 0.478 e. The first kappa shape index (κ1) is 10.8. The maximum Gasteiger partial charge on any atom is 0.335 e. The third kappa shape index (κ3) is 2.10. The minimum absolute atomic E-state index is 0.0716. The van der Waals surface area contributed by atoms with Crippen LogP contribution in [-0.4, -0.2) is 21.2 Å². The van der Waals surface area contributed by atoms with Gasteiger partial charge in [0.1, 0.15) is 5.01 Å². The number of nitrogens with zero attached hydrogens (tertiary/aromatic N) is 1. The van der Waals surface area contributed by atoms with Crippen molar-refractivity contribution < 1.29 is 15.0 Å². The van der Waals surface area contributed by atoms with E-state index in [4.69, 9.17) is 10.2 Å². The number of carbonyl (C=O) groups is 1. The molecule has 0 aliphatic carbocycles. The van der Waals surface area contributed by atoms with Gasteiger partial charge in [0.2, 0.25) is 0 Å². The Morgan fingerprint density at radius 1 is 1.31 bits per heavy atom. The second-order valence-electron chi connectivity index (χ2n) is 3.17. The molecule has 2 aromatic rings. The van der Waals surface area contributed by atoms with Gasteiger partial charge in [-0.25, -0.2) is 9.78 Å². The average molecular weight is 235 g/mol. The molecule has 0 saturated heterocycles. The monoisotopic (exact) mass is 235 g/mol. The standard InChI is InChI=1S/C11H9NO3S/c13-5-10-12-9(6-16-10)7-1-3-8(4-2-7)11(14)15/h1-4,6,13H,5H2,(H,14,15). The molecule has 4 nitrogen and oxygen atoms in total. The molecule has 82 valence electrons. The second kappa shape index (κ2) is 4.42. The van der Waals surface area contributed by atoms with Crippen molar-refractivity contribution in [3.63, 3.8) is 0 Å². The molecule has 5 heteroatoms. The Kier molecular flexibility index (Phi) is 2.98. The summed E-state index contributed by atoms with van der Waals surface area (Å²) in [5, 5.41) is 20.1. The summed E-state index contributed by atoms with van der Waals surface area (Å²) in [5.41, 5.74) is 1.85. The number of aromatic nitrogens is 1. The fourth-order valence-electron chi connectivity index (χ4n) is 1.30. The molecule has 2 N–H and O–H groups in total. The summed E-state index contributed by atoms with van der Waals surface area (Å²) in [7, 11) is 0. The number of thiazole rings is 1. The molecule has 0 aliphatic heterocycles. The van der Waals surface area contributed by atoms with Crippen molar-refractivity contribution in [1.82, 2.24) is 4.98 Å². The van der Waals surface area contributed by atoms with Crippen molar-refractivity contribution >= 4 is 17.3 Å². The first-order valence-corrected chi connectivity index (χ1v) is 5.47. The van der Waals surface area contributed by atoms with Crippen LogP contribution < -0.4 is 0 Å². The maximum atomic E-state index is 10.7. The Morgan fingerprint density at radius 2 is 2.00 bits per heavy atom. The summed E-state index contributed by atoms with van der Waals surface area (Å²) in [6, 6.07) is 6.49.